The van der Waals surface area contributed by atoms with E-state index in [-0.39, 0.29) is 0 Å². The second-order valence-corrected chi connectivity index (χ2v) is 8.15. The summed E-state index contributed by atoms with van der Waals surface area (Å²) in [4.78, 5) is 4.35. The molecule has 0 spiro atoms. The fourth-order valence-electron chi connectivity index (χ4n) is 3.02. The molecule has 1 N–H and O–H groups in total. The molecule has 1 aromatic carbocycles. The second-order valence-electron chi connectivity index (χ2n) is 6.44. The van der Waals surface area contributed by atoms with Crippen LogP contribution in [0.1, 0.15) is 37.2 Å². The Balaban J connectivity index is 1.88. The fourth-order valence-corrected chi connectivity index (χ4v) is 4.40. The van der Waals surface area contributed by atoms with E-state index in [2.05, 4.69) is 16.6 Å². The lowest BCUT2D eigenvalue weighted by molar-refractivity contribution is 0.284. The molecule has 1 saturated heterocycles. The van der Waals surface area contributed by atoms with Crippen LogP contribution in [0.15, 0.2) is 42.7 Å². The summed E-state index contributed by atoms with van der Waals surface area (Å²) in [6, 6.07) is 9.06. The minimum absolute atomic E-state index is 0.504. The van der Waals surface area contributed by atoms with Crippen LogP contribution in [-0.4, -0.2) is 35.4 Å². The molecule has 130 valence electrons. The average molecular weight is 348 g/mol. The largest absolute Gasteiger partial charge is 0.336 e. The van der Waals surface area contributed by atoms with Crippen molar-refractivity contribution >= 4 is 10.2 Å². The van der Waals surface area contributed by atoms with Crippen molar-refractivity contribution in [1.29, 1.82) is 0 Å². The average Bonchev–Trinajstić information content (AvgIpc) is 3.00. The fraction of sp³-hybridized carbons (Fsp3) is 0.471. The molecule has 24 heavy (non-hydrogen) atoms. The maximum atomic E-state index is 12.9. The number of piperidine rings is 1. The third-order valence-electron chi connectivity index (χ3n) is 4.60. The lowest BCUT2D eigenvalue weighted by Gasteiger charge is -2.31. The Kier molecular flexibility index (Phi) is 5.03. The van der Waals surface area contributed by atoms with Gasteiger partial charge < -0.3 is 4.57 Å². The van der Waals surface area contributed by atoms with Gasteiger partial charge in [0.1, 0.15) is 11.9 Å². The zero-order chi connectivity index (χ0) is 17.2. The minimum atomic E-state index is -3.57. The highest BCUT2D eigenvalue weighted by Crippen LogP contribution is 2.24. The molecule has 7 heteroatoms. The van der Waals surface area contributed by atoms with Crippen LogP contribution in [0.5, 0.6) is 0 Å². The summed E-state index contributed by atoms with van der Waals surface area (Å²) in [5, 5.41) is 0. The van der Waals surface area contributed by atoms with E-state index < -0.39 is 16.3 Å². The van der Waals surface area contributed by atoms with Crippen molar-refractivity contribution in [3.63, 3.8) is 0 Å². The van der Waals surface area contributed by atoms with E-state index in [1.54, 1.807) is 10.5 Å². The van der Waals surface area contributed by atoms with Gasteiger partial charge in [0.2, 0.25) is 0 Å². The molecule has 0 bridgehead atoms. The molecule has 1 aliphatic rings. The molecule has 0 aliphatic carbocycles. The standard InChI is InChI=1S/C17H24N4O2S/c1-14-8-11-21(12-9-14)24(22,23)19-16(15-6-4-3-5-7-15)17-18-10-13-20(17)2/h3-7,10,13-14,16,19H,8-9,11-12H2,1-2H3/t16-/m1/s1. The van der Waals surface area contributed by atoms with Crippen LogP contribution in [0.3, 0.4) is 0 Å². The zero-order valence-electron chi connectivity index (χ0n) is 14.1. The molecular weight excluding hydrogens is 324 g/mol. The molecule has 0 radical (unpaired) electrons. The van der Waals surface area contributed by atoms with Gasteiger partial charge in [0.15, 0.2) is 0 Å². The van der Waals surface area contributed by atoms with Crippen LogP contribution < -0.4 is 4.72 Å². The Labute approximate surface area is 143 Å². The molecule has 6 nitrogen and oxygen atoms in total. The van der Waals surface area contributed by atoms with E-state index >= 15 is 0 Å². The Bertz CT molecular complexity index is 765. The molecule has 1 fully saturated rings. The Hall–Kier alpha value is -1.70. The van der Waals surface area contributed by atoms with Gasteiger partial charge in [0.05, 0.1) is 0 Å². The van der Waals surface area contributed by atoms with E-state index in [4.69, 9.17) is 0 Å². The van der Waals surface area contributed by atoms with Gasteiger partial charge in [0.25, 0.3) is 10.2 Å². The molecule has 0 saturated carbocycles. The predicted octanol–water partition coefficient (Wildman–Crippen LogP) is 2.08. The number of hydrogen-bond acceptors (Lipinski definition) is 3. The van der Waals surface area contributed by atoms with E-state index in [1.165, 1.54) is 0 Å². The third-order valence-corrected chi connectivity index (χ3v) is 6.18. The number of nitrogens with one attached hydrogen (secondary N) is 1. The summed E-state index contributed by atoms with van der Waals surface area (Å²) in [7, 11) is -1.70. The van der Waals surface area contributed by atoms with E-state index in [1.807, 2.05) is 48.1 Å². The number of aryl methyl sites for hydroxylation is 1. The van der Waals surface area contributed by atoms with Gasteiger partial charge >= 0.3 is 0 Å². The van der Waals surface area contributed by atoms with Crippen LogP contribution in [0.25, 0.3) is 0 Å². The number of rotatable bonds is 5. The van der Waals surface area contributed by atoms with Crippen LogP contribution in [-0.2, 0) is 17.3 Å². The highest BCUT2D eigenvalue weighted by Gasteiger charge is 2.31. The number of hydrogen-bond donors (Lipinski definition) is 1. The van der Waals surface area contributed by atoms with E-state index in [0.717, 1.165) is 18.4 Å². The summed E-state index contributed by atoms with van der Waals surface area (Å²) in [6.07, 6.45) is 5.31. The van der Waals surface area contributed by atoms with Crippen molar-refractivity contribution in [2.75, 3.05) is 13.1 Å². The van der Waals surface area contributed by atoms with E-state index in [0.29, 0.717) is 24.8 Å². The van der Waals surface area contributed by atoms with Crippen LogP contribution in [0.4, 0.5) is 0 Å². The Morgan fingerprint density at radius 1 is 1.21 bits per heavy atom. The Morgan fingerprint density at radius 2 is 1.88 bits per heavy atom. The van der Waals surface area contributed by atoms with Gasteiger partial charge in [-0.15, -0.1) is 0 Å². The molecule has 1 aliphatic heterocycles. The first-order chi connectivity index (χ1) is 11.5. The number of aromatic nitrogens is 2. The summed E-state index contributed by atoms with van der Waals surface area (Å²) in [6.45, 7) is 3.30. The summed E-state index contributed by atoms with van der Waals surface area (Å²) < 4.78 is 32.0. The number of imidazole rings is 1. The first-order valence-electron chi connectivity index (χ1n) is 8.27. The topological polar surface area (TPSA) is 67.2 Å². The second kappa shape index (κ2) is 7.04. The molecule has 0 unspecified atom stereocenters. The lowest BCUT2D eigenvalue weighted by atomic mass is 10.0. The SMILES string of the molecule is CC1CCN(S(=O)(=O)N[C@H](c2ccccc2)c2nccn2C)CC1. The zero-order valence-corrected chi connectivity index (χ0v) is 14.9. The van der Waals surface area contributed by atoms with Gasteiger partial charge in [-0.2, -0.15) is 17.4 Å². The van der Waals surface area contributed by atoms with Gasteiger partial charge in [-0.25, -0.2) is 4.98 Å². The summed E-state index contributed by atoms with van der Waals surface area (Å²) in [5.41, 5.74) is 0.876. The first-order valence-corrected chi connectivity index (χ1v) is 9.71. The molecule has 2 aromatic rings. The normalized spacial score (nSPS) is 18.6. The Morgan fingerprint density at radius 3 is 2.46 bits per heavy atom. The predicted molar refractivity (Wildman–Crippen MR) is 93.5 cm³/mol. The van der Waals surface area contributed by atoms with E-state index in [9.17, 15) is 8.42 Å². The van der Waals surface area contributed by atoms with Crippen molar-refractivity contribution in [1.82, 2.24) is 18.6 Å². The molecule has 1 aromatic heterocycles. The molecule has 2 heterocycles. The van der Waals surface area contributed by atoms with Gasteiger partial charge in [0, 0.05) is 32.5 Å². The third kappa shape index (κ3) is 3.68. The number of benzene rings is 1. The number of nitrogens with zero attached hydrogens (tertiary/aromatic N) is 3. The van der Waals surface area contributed by atoms with Gasteiger partial charge in [-0.1, -0.05) is 37.3 Å². The van der Waals surface area contributed by atoms with Crippen LogP contribution in [0, 0.1) is 5.92 Å². The molecule has 1 atom stereocenters. The van der Waals surface area contributed by atoms with Crippen molar-refractivity contribution in [2.45, 2.75) is 25.8 Å². The van der Waals surface area contributed by atoms with Crippen molar-refractivity contribution < 1.29 is 8.42 Å². The van der Waals surface area contributed by atoms with Crippen LogP contribution in [0.2, 0.25) is 0 Å². The molecule has 0 amide bonds. The summed E-state index contributed by atoms with van der Waals surface area (Å²) >= 11 is 0. The summed E-state index contributed by atoms with van der Waals surface area (Å²) in [5.74, 6) is 1.26. The highest BCUT2D eigenvalue weighted by molar-refractivity contribution is 7.87. The van der Waals surface area contributed by atoms with Gasteiger partial charge in [-0.05, 0) is 24.3 Å². The lowest BCUT2D eigenvalue weighted by Crippen LogP contribution is -2.46. The highest BCUT2D eigenvalue weighted by atomic mass is 32.2. The van der Waals surface area contributed by atoms with Crippen molar-refractivity contribution in [2.24, 2.45) is 13.0 Å². The maximum absolute atomic E-state index is 12.9. The minimum Gasteiger partial charge on any atom is -0.336 e. The first kappa shape index (κ1) is 17.1. The van der Waals surface area contributed by atoms with Gasteiger partial charge in [-0.3, -0.25) is 0 Å². The maximum Gasteiger partial charge on any atom is 0.280 e. The van der Waals surface area contributed by atoms with Crippen molar-refractivity contribution in [3.8, 4) is 0 Å². The quantitative estimate of drug-likeness (QED) is 0.899. The molecular formula is C17H24N4O2S. The van der Waals surface area contributed by atoms with Crippen molar-refractivity contribution in [3.05, 3.63) is 54.1 Å². The molecule has 3 rings (SSSR count). The van der Waals surface area contributed by atoms with Crippen LogP contribution >= 0.6 is 0 Å². The smallest absolute Gasteiger partial charge is 0.280 e. The monoisotopic (exact) mass is 348 g/mol.